The first-order chi connectivity index (χ1) is 14.5. The molecule has 0 aliphatic carbocycles. The molecule has 1 aliphatic heterocycles. The number of aliphatic hydroxyl groups excluding tert-OH is 4. The molecule has 0 unspecified atom stereocenters. The molecule has 0 radical (unpaired) electrons. The number of thiazole rings is 1. The highest BCUT2D eigenvalue weighted by Gasteiger charge is 2.44. The standard InChI is InChI=1S/C21H20N2O6S/c22-8-12-4-3-11(21-20(27)19(26)18(25)15(10-24)29-21)6-13(12)7-17-23-9-16(30-17)14-2-1-5-28-14/h1-6,9,15,18-21,24-27H,7,10H2/t15-,18-,19+,20+,21+/m1/s1. The molecule has 156 valence electrons. The topological polar surface area (TPSA) is 140 Å². The third-order valence-corrected chi connectivity index (χ3v) is 6.14. The fourth-order valence-corrected chi connectivity index (χ4v) is 4.42. The molecular weight excluding hydrogens is 408 g/mol. The third kappa shape index (κ3) is 3.89. The average molecular weight is 428 g/mol. The van der Waals surface area contributed by atoms with Crippen LogP contribution in [0.15, 0.2) is 47.2 Å². The molecule has 3 heterocycles. The summed E-state index contributed by atoms with van der Waals surface area (Å²) < 4.78 is 11.0. The normalized spacial score (nSPS) is 26.4. The molecule has 4 N–H and O–H groups in total. The molecule has 5 atom stereocenters. The Balaban J connectivity index is 1.62. The van der Waals surface area contributed by atoms with Gasteiger partial charge in [-0.15, -0.1) is 11.3 Å². The van der Waals surface area contributed by atoms with Crippen LogP contribution in [0.1, 0.15) is 27.8 Å². The van der Waals surface area contributed by atoms with Crippen molar-refractivity contribution in [1.29, 1.82) is 5.26 Å². The summed E-state index contributed by atoms with van der Waals surface area (Å²) in [4.78, 5) is 5.28. The van der Waals surface area contributed by atoms with Gasteiger partial charge in [-0.1, -0.05) is 12.1 Å². The van der Waals surface area contributed by atoms with Crippen LogP contribution in [0.25, 0.3) is 10.6 Å². The number of aliphatic hydroxyl groups is 4. The van der Waals surface area contributed by atoms with E-state index in [1.54, 1.807) is 36.7 Å². The lowest BCUT2D eigenvalue weighted by molar-refractivity contribution is -0.231. The predicted octanol–water partition coefficient (Wildman–Crippen LogP) is 1.38. The van der Waals surface area contributed by atoms with E-state index in [1.165, 1.54) is 11.3 Å². The van der Waals surface area contributed by atoms with E-state index in [-0.39, 0.29) is 0 Å². The molecule has 1 aliphatic rings. The average Bonchev–Trinajstić information content (AvgIpc) is 3.44. The van der Waals surface area contributed by atoms with Crippen LogP contribution in [0.2, 0.25) is 0 Å². The molecular formula is C21H20N2O6S. The number of rotatable bonds is 5. The van der Waals surface area contributed by atoms with Crippen molar-refractivity contribution in [2.45, 2.75) is 36.9 Å². The van der Waals surface area contributed by atoms with Gasteiger partial charge in [-0.2, -0.15) is 5.26 Å². The summed E-state index contributed by atoms with van der Waals surface area (Å²) >= 11 is 1.45. The zero-order chi connectivity index (χ0) is 21.3. The van der Waals surface area contributed by atoms with Crippen LogP contribution in [0, 0.1) is 11.3 Å². The molecule has 4 rings (SSSR count). The summed E-state index contributed by atoms with van der Waals surface area (Å²) in [6, 6.07) is 10.8. The van der Waals surface area contributed by atoms with Crippen molar-refractivity contribution >= 4 is 11.3 Å². The minimum Gasteiger partial charge on any atom is -0.463 e. The number of aromatic nitrogens is 1. The molecule has 1 aromatic carbocycles. The van der Waals surface area contributed by atoms with E-state index in [0.29, 0.717) is 28.9 Å². The summed E-state index contributed by atoms with van der Waals surface area (Å²) in [6.07, 6.45) is -2.53. The highest BCUT2D eigenvalue weighted by Crippen LogP contribution is 2.34. The molecule has 3 aromatic rings. The summed E-state index contributed by atoms with van der Waals surface area (Å²) in [5, 5.41) is 50.1. The lowest BCUT2D eigenvalue weighted by Crippen LogP contribution is -2.55. The van der Waals surface area contributed by atoms with Crippen molar-refractivity contribution in [1.82, 2.24) is 4.98 Å². The fraction of sp³-hybridized carbons (Fsp3) is 0.333. The molecule has 1 fully saturated rings. The van der Waals surface area contributed by atoms with E-state index in [2.05, 4.69) is 11.1 Å². The highest BCUT2D eigenvalue weighted by atomic mass is 32.1. The molecule has 2 aromatic heterocycles. The number of hydrogen-bond acceptors (Lipinski definition) is 9. The van der Waals surface area contributed by atoms with Gasteiger partial charge in [0.2, 0.25) is 0 Å². The lowest BCUT2D eigenvalue weighted by Gasteiger charge is -2.40. The van der Waals surface area contributed by atoms with Gasteiger partial charge in [0.25, 0.3) is 0 Å². The largest absolute Gasteiger partial charge is 0.463 e. The van der Waals surface area contributed by atoms with Gasteiger partial charge in [0, 0.05) is 12.6 Å². The van der Waals surface area contributed by atoms with E-state index in [1.807, 2.05) is 6.07 Å². The summed E-state index contributed by atoms with van der Waals surface area (Å²) in [6.45, 7) is -0.501. The zero-order valence-corrected chi connectivity index (χ0v) is 16.6. The molecule has 9 heteroatoms. The van der Waals surface area contributed by atoms with Gasteiger partial charge in [-0.25, -0.2) is 4.98 Å². The first kappa shape index (κ1) is 20.7. The van der Waals surface area contributed by atoms with E-state index < -0.39 is 37.1 Å². The van der Waals surface area contributed by atoms with Gasteiger partial charge in [0.15, 0.2) is 0 Å². The molecule has 0 spiro atoms. The molecule has 0 saturated carbocycles. The zero-order valence-electron chi connectivity index (χ0n) is 15.8. The van der Waals surface area contributed by atoms with Crippen LogP contribution in [-0.2, 0) is 11.2 Å². The Kier molecular flexibility index (Phi) is 5.97. The highest BCUT2D eigenvalue weighted by molar-refractivity contribution is 7.15. The van der Waals surface area contributed by atoms with Gasteiger partial charge in [-0.3, -0.25) is 0 Å². The van der Waals surface area contributed by atoms with E-state index >= 15 is 0 Å². The maximum atomic E-state index is 10.4. The Morgan fingerprint density at radius 1 is 1.13 bits per heavy atom. The van der Waals surface area contributed by atoms with Crippen molar-refractivity contribution in [3.63, 3.8) is 0 Å². The van der Waals surface area contributed by atoms with E-state index in [9.17, 15) is 25.7 Å². The third-order valence-electron chi connectivity index (χ3n) is 5.13. The number of hydrogen-bond donors (Lipinski definition) is 4. The Labute approximate surface area is 176 Å². The first-order valence-electron chi connectivity index (χ1n) is 9.34. The van der Waals surface area contributed by atoms with Crippen LogP contribution in [-0.4, -0.2) is 56.4 Å². The summed E-state index contributed by atoms with van der Waals surface area (Å²) in [5.74, 6) is 0.717. The smallest absolute Gasteiger partial charge is 0.145 e. The maximum Gasteiger partial charge on any atom is 0.145 e. The van der Waals surface area contributed by atoms with E-state index in [0.717, 1.165) is 9.88 Å². The van der Waals surface area contributed by atoms with Crippen LogP contribution in [0.4, 0.5) is 0 Å². The molecule has 1 saturated heterocycles. The number of ether oxygens (including phenoxy) is 1. The van der Waals surface area contributed by atoms with Crippen molar-refractivity contribution in [3.05, 3.63) is 64.5 Å². The van der Waals surface area contributed by atoms with Crippen LogP contribution in [0.3, 0.4) is 0 Å². The number of benzene rings is 1. The predicted molar refractivity (Wildman–Crippen MR) is 106 cm³/mol. The molecule has 8 nitrogen and oxygen atoms in total. The SMILES string of the molecule is N#Cc1ccc([C@@H]2O[C@H](CO)[C@@H](O)[C@H](O)[C@@H]2O)cc1Cc1ncc(-c2ccco2)s1. The van der Waals surface area contributed by atoms with Crippen molar-refractivity contribution in [2.24, 2.45) is 0 Å². The van der Waals surface area contributed by atoms with Crippen molar-refractivity contribution in [3.8, 4) is 16.7 Å². The van der Waals surface area contributed by atoms with Crippen LogP contribution < -0.4 is 0 Å². The Morgan fingerprint density at radius 2 is 1.97 bits per heavy atom. The minimum absolute atomic E-state index is 0.388. The summed E-state index contributed by atoms with van der Waals surface area (Å²) in [7, 11) is 0. The minimum atomic E-state index is -1.46. The van der Waals surface area contributed by atoms with Gasteiger partial charge in [-0.05, 0) is 29.3 Å². The van der Waals surface area contributed by atoms with Crippen molar-refractivity contribution in [2.75, 3.05) is 6.61 Å². The maximum absolute atomic E-state index is 10.4. The second kappa shape index (κ2) is 8.65. The number of nitriles is 1. The summed E-state index contributed by atoms with van der Waals surface area (Å²) in [5.41, 5.74) is 1.68. The first-order valence-corrected chi connectivity index (χ1v) is 10.2. The Hall–Kier alpha value is -2.58. The molecule has 0 amide bonds. The second-order valence-corrected chi connectivity index (χ2v) is 8.17. The van der Waals surface area contributed by atoms with Gasteiger partial charge >= 0.3 is 0 Å². The number of nitrogens with zero attached hydrogens (tertiary/aromatic N) is 2. The number of furan rings is 1. The fourth-order valence-electron chi connectivity index (χ4n) is 3.51. The van der Waals surface area contributed by atoms with Crippen molar-refractivity contribution < 1.29 is 29.6 Å². The monoisotopic (exact) mass is 428 g/mol. The quantitative estimate of drug-likeness (QED) is 0.478. The van der Waals surface area contributed by atoms with Gasteiger partial charge in [0.05, 0.1) is 34.4 Å². The van der Waals surface area contributed by atoms with E-state index in [4.69, 9.17) is 9.15 Å². The molecule has 0 bridgehead atoms. The van der Waals surface area contributed by atoms with Gasteiger partial charge < -0.3 is 29.6 Å². The Bertz CT molecular complexity index is 1040. The second-order valence-electron chi connectivity index (χ2n) is 7.05. The molecule has 30 heavy (non-hydrogen) atoms. The Morgan fingerprint density at radius 3 is 2.67 bits per heavy atom. The van der Waals surface area contributed by atoms with Gasteiger partial charge in [0.1, 0.15) is 36.3 Å². The van der Waals surface area contributed by atoms with Crippen LogP contribution in [0.5, 0.6) is 0 Å². The van der Waals surface area contributed by atoms with Crippen LogP contribution >= 0.6 is 11.3 Å². The lowest BCUT2D eigenvalue weighted by atomic mass is 9.89.